The van der Waals surface area contributed by atoms with Crippen molar-refractivity contribution in [2.24, 2.45) is 5.41 Å². The Hall–Kier alpha value is -1.43. The van der Waals surface area contributed by atoms with E-state index in [0.29, 0.717) is 13.0 Å². The average Bonchev–Trinajstić information content (AvgIpc) is 2.58. The molecule has 1 aromatic rings. The molecule has 0 spiro atoms. The molecule has 1 aliphatic heterocycles. The molecular weight excluding hydrogens is 304 g/mol. The SMILES string of the molecule is COCC(C)NC(=O)C1(CCO)CCN(Cc2ccccc2)CC1. The molecule has 0 radical (unpaired) electrons. The fourth-order valence-electron chi connectivity index (χ4n) is 3.45. The van der Waals surface area contributed by atoms with Gasteiger partial charge >= 0.3 is 0 Å². The zero-order chi connectivity index (χ0) is 17.4. The predicted octanol–water partition coefficient (Wildman–Crippen LogP) is 1.80. The van der Waals surface area contributed by atoms with Gasteiger partial charge in [0, 0.05) is 26.3 Å². The number of aliphatic hydroxyl groups is 1. The van der Waals surface area contributed by atoms with Gasteiger partial charge in [-0.3, -0.25) is 9.69 Å². The summed E-state index contributed by atoms with van der Waals surface area (Å²) in [5.74, 6) is 0.0560. The van der Waals surface area contributed by atoms with Gasteiger partial charge in [-0.15, -0.1) is 0 Å². The van der Waals surface area contributed by atoms with Crippen LogP contribution in [-0.2, 0) is 16.1 Å². The second-order valence-electron chi connectivity index (χ2n) is 6.85. The van der Waals surface area contributed by atoms with Crippen molar-refractivity contribution in [3.05, 3.63) is 35.9 Å². The third kappa shape index (κ3) is 5.03. The molecule has 1 fully saturated rings. The molecule has 5 heteroatoms. The number of likely N-dealkylation sites (tertiary alicyclic amines) is 1. The number of aliphatic hydroxyl groups excluding tert-OH is 1. The molecule has 1 amide bonds. The van der Waals surface area contributed by atoms with Gasteiger partial charge in [-0.05, 0) is 44.8 Å². The molecule has 1 heterocycles. The molecule has 1 atom stereocenters. The number of rotatable bonds is 8. The van der Waals surface area contributed by atoms with Crippen molar-refractivity contribution < 1.29 is 14.6 Å². The minimum absolute atomic E-state index is 0.0135. The van der Waals surface area contributed by atoms with Crippen LogP contribution in [0.3, 0.4) is 0 Å². The van der Waals surface area contributed by atoms with E-state index >= 15 is 0 Å². The summed E-state index contributed by atoms with van der Waals surface area (Å²) in [7, 11) is 1.63. The van der Waals surface area contributed by atoms with Crippen molar-refractivity contribution in [2.45, 2.75) is 38.8 Å². The maximum Gasteiger partial charge on any atom is 0.226 e. The highest BCUT2D eigenvalue weighted by Gasteiger charge is 2.41. The number of methoxy groups -OCH3 is 1. The third-order valence-corrected chi connectivity index (χ3v) is 4.93. The molecule has 2 rings (SSSR count). The first kappa shape index (κ1) is 18.9. The quantitative estimate of drug-likeness (QED) is 0.761. The fraction of sp³-hybridized carbons (Fsp3) is 0.632. The number of piperidine rings is 1. The number of amides is 1. The number of hydrogen-bond donors (Lipinski definition) is 2. The van der Waals surface area contributed by atoms with E-state index in [1.165, 1.54) is 5.56 Å². The number of benzene rings is 1. The molecule has 0 aliphatic carbocycles. The van der Waals surface area contributed by atoms with E-state index in [1.54, 1.807) is 7.11 Å². The van der Waals surface area contributed by atoms with E-state index in [9.17, 15) is 9.90 Å². The summed E-state index contributed by atoms with van der Waals surface area (Å²) in [5.41, 5.74) is 0.842. The smallest absolute Gasteiger partial charge is 0.226 e. The molecule has 1 unspecified atom stereocenters. The number of nitrogens with zero attached hydrogens (tertiary/aromatic N) is 1. The van der Waals surface area contributed by atoms with Crippen LogP contribution in [0.1, 0.15) is 31.7 Å². The van der Waals surface area contributed by atoms with E-state index in [1.807, 2.05) is 13.0 Å². The zero-order valence-corrected chi connectivity index (χ0v) is 14.8. The molecule has 24 heavy (non-hydrogen) atoms. The largest absolute Gasteiger partial charge is 0.396 e. The van der Waals surface area contributed by atoms with Gasteiger partial charge in [0.1, 0.15) is 0 Å². The predicted molar refractivity (Wildman–Crippen MR) is 94.6 cm³/mol. The lowest BCUT2D eigenvalue weighted by Gasteiger charge is -2.41. The fourth-order valence-corrected chi connectivity index (χ4v) is 3.45. The topological polar surface area (TPSA) is 61.8 Å². The first-order valence-electron chi connectivity index (χ1n) is 8.77. The summed E-state index contributed by atoms with van der Waals surface area (Å²) in [6, 6.07) is 10.4. The van der Waals surface area contributed by atoms with Crippen molar-refractivity contribution in [1.29, 1.82) is 0 Å². The molecule has 2 N–H and O–H groups in total. The van der Waals surface area contributed by atoms with Crippen molar-refractivity contribution >= 4 is 5.91 Å². The number of ether oxygens (including phenoxy) is 1. The summed E-state index contributed by atoms with van der Waals surface area (Å²) in [4.78, 5) is 15.1. The van der Waals surface area contributed by atoms with Crippen LogP contribution in [0.25, 0.3) is 0 Å². The van der Waals surface area contributed by atoms with Gasteiger partial charge in [-0.1, -0.05) is 30.3 Å². The van der Waals surface area contributed by atoms with Crippen LogP contribution in [0.2, 0.25) is 0 Å². The van der Waals surface area contributed by atoms with Gasteiger partial charge in [0.25, 0.3) is 0 Å². The molecule has 134 valence electrons. The average molecular weight is 334 g/mol. The minimum Gasteiger partial charge on any atom is -0.396 e. The van der Waals surface area contributed by atoms with Crippen molar-refractivity contribution in [3.63, 3.8) is 0 Å². The molecule has 1 aromatic carbocycles. The Morgan fingerprint density at radius 3 is 2.58 bits per heavy atom. The van der Waals surface area contributed by atoms with Crippen LogP contribution >= 0.6 is 0 Å². The highest BCUT2D eigenvalue weighted by Crippen LogP contribution is 2.35. The van der Waals surface area contributed by atoms with Gasteiger partial charge < -0.3 is 15.2 Å². The summed E-state index contributed by atoms with van der Waals surface area (Å²) < 4.78 is 5.10. The van der Waals surface area contributed by atoms with Gasteiger partial charge in [0.05, 0.1) is 12.0 Å². The minimum atomic E-state index is -0.454. The van der Waals surface area contributed by atoms with E-state index < -0.39 is 5.41 Å². The zero-order valence-electron chi connectivity index (χ0n) is 14.8. The number of nitrogens with one attached hydrogen (secondary N) is 1. The number of hydrogen-bond acceptors (Lipinski definition) is 4. The summed E-state index contributed by atoms with van der Waals surface area (Å²) >= 11 is 0. The molecule has 0 aromatic heterocycles. The molecular formula is C19H30N2O3. The monoisotopic (exact) mass is 334 g/mol. The number of carbonyl (C=O) groups excluding carboxylic acids is 1. The number of carbonyl (C=O) groups is 1. The Labute approximate surface area is 145 Å². The van der Waals surface area contributed by atoms with Crippen LogP contribution in [-0.4, -0.2) is 55.4 Å². The molecule has 1 saturated heterocycles. The lowest BCUT2D eigenvalue weighted by Crippen LogP contribution is -2.51. The third-order valence-electron chi connectivity index (χ3n) is 4.93. The van der Waals surface area contributed by atoms with E-state index in [0.717, 1.165) is 32.5 Å². The summed E-state index contributed by atoms with van der Waals surface area (Å²) in [5, 5.41) is 12.5. The Bertz CT molecular complexity index is 499. The Morgan fingerprint density at radius 2 is 2.00 bits per heavy atom. The first-order chi connectivity index (χ1) is 11.6. The summed E-state index contributed by atoms with van der Waals surface area (Å²) in [6.07, 6.45) is 2.09. The molecule has 1 aliphatic rings. The van der Waals surface area contributed by atoms with Crippen LogP contribution < -0.4 is 5.32 Å². The standard InChI is InChI=1S/C19H30N2O3/c1-16(15-24-2)20-18(23)19(10-13-22)8-11-21(12-9-19)14-17-6-4-3-5-7-17/h3-7,16,22H,8-15H2,1-2H3,(H,20,23). The Kier molecular flexibility index (Phi) is 7.21. The van der Waals surface area contributed by atoms with Crippen LogP contribution in [0.4, 0.5) is 0 Å². The second-order valence-corrected chi connectivity index (χ2v) is 6.85. The maximum absolute atomic E-state index is 12.8. The molecule has 0 saturated carbocycles. The van der Waals surface area contributed by atoms with Crippen LogP contribution in [0.5, 0.6) is 0 Å². The van der Waals surface area contributed by atoms with Crippen molar-refractivity contribution in [3.8, 4) is 0 Å². The lowest BCUT2D eigenvalue weighted by molar-refractivity contribution is -0.136. The van der Waals surface area contributed by atoms with E-state index in [4.69, 9.17) is 4.74 Å². The van der Waals surface area contributed by atoms with Crippen LogP contribution in [0, 0.1) is 5.41 Å². The van der Waals surface area contributed by atoms with Gasteiger partial charge in [0.2, 0.25) is 5.91 Å². The van der Waals surface area contributed by atoms with Gasteiger partial charge in [0.15, 0.2) is 0 Å². The van der Waals surface area contributed by atoms with Crippen LogP contribution in [0.15, 0.2) is 30.3 Å². The highest BCUT2D eigenvalue weighted by atomic mass is 16.5. The van der Waals surface area contributed by atoms with E-state index in [-0.39, 0.29) is 18.6 Å². The van der Waals surface area contributed by atoms with Crippen molar-refractivity contribution in [1.82, 2.24) is 10.2 Å². The summed E-state index contributed by atoms with van der Waals surface area (Å²) in [6.45, 7) is 5.16. The maximum atomic E-state index is 12.8. The van der Waals surface area contributed by atoms with Gasteiger partial charge in [-0.25, -0.2) is 0 Å². The van der Waals surface area contributed by atoms with Crippen molar-refractivity contribution in [2.75, 3.05) is 33.4 Å². The Morgan fingerprint density at radius 1 is 1.33 bits per heavy atom. The van der Waals surface area contributed by atoms with E-state index in [2.05, 4.69) is 34.5 Å². The highest BCUT2D eigenvalue weighted by molar-refractivity contribution is 5.83. The lowest BCUT2D eigenvalue weighted by atomic mass is 9.74. The molecule has 0 bridgehead atoms. The normalized spacial score (nSPS) is 19.0. The molecule has 5 nitrogen and oxygen atoms in total. The second kappa shape index (κ2) is 9.16. The first-order valence-corrected chi connectivity index (χ1v) is 8.77. The van der Waals surface area contributed by atoms with Gasteiger partial charge in [-0.2, -0.15) is 0 Å². The Balaban J connectivity index is 1.94.